The molecule has 2 nitrogen and oxygen atoms in total. The number of rotatable bonds is 6. The second-order valence-corrected chi connectivity index (χ2v) is 5.54. The van der Waals surface area contributed by atoms with Crippen LogP contribution in [-0.2, 0) is 5.41 Å². The maximum Gasteiger partial charge on any atom is 0.119 e. The van der Waals surface area contributed by atoms with Gasteiger partial charge in [0.05, 0.1) is 6.61 Å². The van der Waals surface area contributed by atoms with Gasteiger partial charge < -0.3 is 10.5 Å². The van der Waals surface area contributed by atoms with Gasteiger partial charge in [-0.15, -0.1) is 0 Å². The molecule has 0 aromatic heterocycles. The van der Waals surface area contributed by atoms with Crippen molar-refractivity contribution in [2.75, 3.05) is 13.2 Å². The molecule has 0 heterocycles. The maximum absolute atomic E-state index is 5.98. The van der Waals surface area contributed by atoms with Gasteiger partial charge in [-0.1, -0.05) is 55.0 Å². The van der Waals surface area contributed by atoms with Gasteiger partial charge in [0.15, 0.2) is 0 Å². The fraction of sp³-hybridized carbons (Fsp3) is 0.333. The Kier molecular flexibility index (Phi) is 4.80. The van der Waals surface area contributed by atoms with Crippen molar-refractivity contribution in [3.63, 3.8) is 0 Å². The largest absolute Gasteiger partial charge is 0.494 e. The normalized spacial score (nSPS) is 13.8. The second kappa shape index (κ2) is 6.58. The summed E-state index contributed by atoms with van der Waals surface area (Å²) >= 11 is 0. The number of aryl methyl sites for hydroxylation is 1. The van der Waals surface area contributed by atoms with E-state index < -0.39 is 0 Å². The zero-order chi connectivity index (χ0) is 14.4. The number of benzene rings is 2. The average Bonchev–Trinajstić information content (AvgIpc) is 2.50. The van der Waals surface area contributed by atoms with E-state index in [9.17, 15) is 0 Å². The van der Waals surface area contributed by atoms with Crippen LogP contribution in [0.3, 0.4) is 0 Å². The smallest absolute Gasteiger partial charge is 0.119 e. The summed E-state index contributed by atoms with van der Waals surface area (Å²) in [5, 5.41) is 0. The Morgan fingerprint density at radius 1 is 1.00 bits per heavy atom. The van der Waals surface area contributed by atoms with Gasteiger partial charge in [-0.25, -0.2) is 0 Å². The lowest BCUT2D eigenvalue weighted by atomic mass is 9.80. The molecule has 2 aromatic rings. The minimum Gasteiger partial charge on any atom is -0.494 e. The topological polar surface area (TPSA) is 35.2 Å². The van der Waals surface area contributed by atoms with E-state index in [1.54, 1.807) is 0 Å². The first-order chi connectivity index (χ1) is 9.64. The molecule has 0 bridgehead atoms. The Labute approximate surface area is 121 Å². The molecule has 106 valence electrons. The summed E-state index contributed by atoms with van der Waals surface area (Å²) in [6.07, 6.45) is 0.904. The van der Waals surface area contributed by atoms with Gasteiger partial charge in [0.25, 0.3) is 0 Å². The van der Waals surface area contributed by atoms with E-state index in [1.165, 1.54) is 11.1 Å². The third-order valence-electron chi connectivity index (χ3n) is 3.86. The lowest BCUT2D eigenvalue weighted by Gasteiger charge is -2.28. The van der Waals surface area contributed by atoms with Crippen LogP contribution in [0.4, 0.5) is 0 Å². The van der Waals surface area contributed by atoms with Crippen LogP contribution < -0.4 is 10.5 Å². The molecular formula is C18H23NO. The van der Waals surface area contributed by atoms with E-state index >= 15 is 0 Å². The Bertz CT molecular complexity index is 521. The second-order valence-electron chi connectivity index (χ2n) is 5.54. The minimum absolute atomic E-state index is 0.0358. The Morgan fingerprint density at radius 2 is 1.65 bits per heavy atom. The lowest BCUT2D eigenvalue weighted by Crippen LogP contribution is -2.33. The predicted molar refractivity (Wildman–Crippen MR) is 84.1 cm³/mol. The third-order valence-corrected chi connectivity index (χ3v) is 3.86. The summed E-state index contributed by atoms with van der Waals surface area (Å²) in [7, 11) is 0. The van der Waals surface area contributed by atoms with Crippen LogP contribution in [0.2, 0.25) is 0 Å². The van der Waals surface area contributed by atoms with E-state index in [-0.39, 0.29) is 5.41 Å². The van der Waals surface area contributed by atoms with Crippen molar-refractivity contribution in [2.45, 2.75) is 25.7 Å². The van der Waals surface area contributed by atoms with Gasteiger partial charge in [-0.2, -0.15) is 0 Å². The van der Waals surface area contributed by atoms with Gasteiger partial charge in [0.2, 0.25) is 0 Å². The number of hydrogen-bond acceptors (Lipinski definition) is 2. The molecule has 2 aromatic carbocycles. The van der Waals surface area contributed by atoms with Gasteiger partial charge in [-0.3, -0.25) is 0 Å². The number of ether oxygens (including phenoxy) is 1. The molecule has 0 amide bonds. The summed E-state index contributed by atoms with van der Waals surface area (Å²) < 4.78 is 5.82. The van der Waals surface area contributed by atoms with Crippen LogP contribution in [0, 0.1) is 6.92 Å². The highest BCUT2D eigenvalue weighted by Crippen LogP contribution is 2.26. The van der Waals surface area contributed by atoms with Crippen LogP contribution in [0.1, 0.15) is 24.5 Å². The molecule has 0 saturated heterocycles. The molecule has 20 heavy (non-hydrogen) atoms. The van der Waals surface area contributed by atoms with E-state index in [0.29, 0.717) is 13.2 Å². The molecule has 0 radical (unpaired) electrons. The van der Waals surface area contributed by atoms with E-state index in [2.05, 4.69) is 50.2 Å². The van der Waals surface area contributed by atoms with Crippen molar-refractivity contribution in [2.24, 2.45) is 5.73 Å². The van der Waals surface area contributed by atoms with Gasteiger partial charge in [0, 0.05) is 12.0 Å². The fourth-order valence-corrected chi connectivity index (χ4v) is 2.23. The summed E-state index contributed by atoms with van der Waals surface area (Å²) in [4.78, 5) is 0. The molecular weight excluding hydrogens is 246 g/mol. The van der Waals surface area contributed by atoms with Crippen LogP contribution in [0.15, 0.2) is 54.6 Å². The van der Waals surface area contributed by atoms with Crippen molar-refractivity contribution in [1.29, 1.82) is 0 Å². The van der Waals surface area contributed by atoms with Crippen molar-refractivity contribution in [3.05, 3.63) is 65.7 Å². The SMILES string of the molecule is Cc1ccc(OCCC(C)(CN)c2ccccc2)cc1. The van der Waals surface area contributed by atoms with Crippen LogP contribution in [-0.4, -0.2) is 13.2 Å². The number of nitrogens with two attached hydrogens (primary N) is 1. The standard InChI is InChI=1S/C18H23NO/c1-15-8-10-17(11-9-15)20-13-12-18(2,14-19)16-6-4-3-5-7-16/h3-11H,12-14,19H2,1-2H3. The molecule has 0 spiro atoms. The summed E-state index contributed by atoms with van der Waals surface area (Å²) in [5.74, 6) is 0.919. The van der Waals surface area contributed by atoms with Crippen molar-refractivity contribution in [1.82, 2.24) is 0 Å². The minimum atomic E-state index is -0.0358. The van der Waals surface area contributed by atoms with E-state index in [4.69, 9.17) is 10.5 Å². The monoisotopic (exact) mass is 269 g/mol. The van der Waals surface area contributed by atoms with Crippen molar-refractivity contribution >= 4 is 0 Å². The summed E-state index contributed by atoms with van der Waals surface area (Å²) in [6.45, 7) is 5.56. The molecule has 0 saturated carbocycles. The van der Waals surface area contributed by atoms with Crippen LogP contribution >= 0.6 is 0 Å². The summed E-state index contributed by atoms with van der Waals surface area (Å²) in [5.41, 5.74) is 8.46. The average molecular weight is 269 g/mol. The quantitative estimate of drug-likeness (QED) is 0.868. The molecule has 2 N–H and O–H groups in total. The lowest BCUT2D eigenvalue weighted by molar-refractivity contribution is 0.266. The van der Waals surface area contributed by atoms with Crippen molar-refractivity contribution < 1.29 is 4.74 Å². The number of hydrogen-bond donors (Lipinski definition) is 1. The van der Waals surface area contributed by atoms with E-state index in [1.807, 2.05) is 18.2 Å². The van der Waals surface area contributed by atoms with Crippen LogP contribution in [0.5, 0.6) is 5.75 Å². The molecule has 0 aliphatic carbocycles. The highest BCUT2D eigenvalue weighted by molar-refractivity contribution is 5.27. The zero-order valence-electron chi connectivity index (χ0n) is 12.3. The highest BCUT2D eigenvalue weighted by Gasteiger charge is 2.24. The third kappa shape index (κ3) is 3.61. The molecule has 1 atom stereocenters. The molecule has 1 unspecified atom stereocenters. The maximum atomic E-state index is 5.98. The first-order valence-corrected chi connectivity index (χ1v) is 7.09. The molecule has 0 aliphatic rings. The Balaban J connectivity index is 1.96. The summed E-state index contributed by atoms with van der Waals surface area (Å²) in [6, 6.07) is 18.6. The van der Waals surface area contributed by atoms with Crippen molar-refractivity contribution in [3.8, 4) is 5.75 Å². The predicted octanol–water partition coefficient (Wildman–Crippen LogP) is 3.68. The Hall–Kier alpha value is -1.80. The van der Waals surface area contributed by atoms with E-state index in [0.717, 1.165) is 12.2 Å². The molecule has 2 rings (SSSR count). The highest BCUT2D eigenvalue weighted by atomic mass is 16.5. The van der Waals surface area contributed by atoms with Gasteiger partial charge in [-0.05, 0) is 31.0 Å². The first-order valence-electron chi connectivity index (χ1n) is 7.09. The van der Waals surface area contributed by atoms with Gasteiger partial charge in [0.1, 0.15) is 5.75 Å². The fourth-order valence-electron chi connectivity index (χ4n) is 2.23. The van der Waals surface area contributed by atoms with Crippen LogP contribution in [0.25, 0.3) is 0 Å². The first kappa shape index (κ1) is 14.6. The van der Waals surface area contributed by atoms with Gasteiger partial charge >= 0.3 is 0 Å². The zero-order valence-corrected chi connectivity index (χ0v) is 12.3. The molecule has 0 aliphatic heterocycles. The molecule has 0 fully saturated rings. The Morgan fingerprint density at radius 3 is 2.25 bits per heavy atom. The molecule has 2 heteroatoms.